The fourth-order valence-electron chi connectivity index (χ4n) is 2.00. The fraction of sp³-hybridized carbons (Fsp3) is 0.250. The zero-order valence-corrected chi connectivity index (χ0v) is 15.8. The number of nitriles is 1. The minimum absolute atomic E-state index is 0.0619. The maximum Gasteiger partial charge on any atom is 0.238 e. The maximum atomic E-state index is 12.2. The van der Waals surface area contributed by atoms with Gasteiger partial charge in [-0.1, -0.05) is 12.1 Å². The number of thioether (sulfide) groups is 1. The van der Waals surface area contributed by atoms with Gasteiger partial charge in [-0.2, -0.15) is 5.26 Å². The Kier molecular flexibility index (Phi) is 7.12. The number of halogens is 1. The van der Waals surface area contributed by atoms with Crippen molar-refractivity contribution in [1.82, 2.24) is 4.90 Å². The number of para-hydroxylation sites is 1. The van der Waals surface area contributed by atoms with Gasteiger partial charge in [0.1, 0.15) is 0 Å². The van der Waals surface area contributed by atoms with Crippen molar-refractivity contribution in [2.75, 3.05) is 24.7 Å². The summed E-state index contributed by atoms with van der Waals surface area (Å²) < 4.78 is 1.09. The number of likely N-dealkylation sites (N-methyl/N-ethyl adjacent to an activating group) is 1. The van der Waals surface area contributed by atoms with Gasteiger partial charge in [-0.15, -0.1) is 23.1 Å². The number of thiophene rings is 1. The van der Waals surface area contributed by atoms with Crippen molar-refractivity contribution in [2.24, 2.45) is 0 Å². The molecule has 0 fully saturated rings. The van der Waals surface area contributed by atoms with Crippen LogP contribution in [0.2, 0.25) is 0 Å². The van der Waals surface area contributed by atoms with Gasteiger partial charge < -0.3 is 5.32 Å². The maximum absolute atomic E-state index is 12.2. The molecule has 7 heteroatoms. The second kappa shape index (κ2) is 9.08. The van der Waals surface area contributed by atoms with Gasteiger partial charge in [0.25, 0.3) is 0 Å². The molecule has 0 radical (unpaired) electrons. The Bertz CT molecular complexity index is 711. The number of anilines is 1. The molecule has 120 valence electrons. The first-order valence-corrected chi connectivity index (χ1v) is 9.49. The van der Waals surface area contributed by atoms with E-state index in [9.17, 15) is 4.79 Å². The van der Waals surface area contributed by atoms with E-state index >= 15 is 0 Å². The van der Waals surface area contributed by atoms with E-state index in [-0.39, 0.29) is 5.91 Å². The number of carbonyl (C=O) groups excluding carboxylic acids is 1. The Morgan fingerprint density at radius 1 is 1.39 bits per heavy atom. The van der Waals surface area contributed by atoms with Crippen LogP contribution in [0.3, 0.4) is 0 Å². The van der Waals surface area contributed by atoms with Crippen LogP contribution in [0.1, 0.15) is 4.88 Å². The third kappa shape index (κ3) is 5.99. The molecule has 23 heavy (non-hydrogen) atoms. The first-order chi connectivity index (χ1) is 11.1. The van der Waals surface area contributed by atoms with Gasteiger partial charge in [-0.05, 0) is 47.2 Å². The molecule has 1 aromatic carbocycles. The first kappa shape index (κ1) is 18.0. The van der Waals surface area contributed by atoms with Crippen molar-refractivity contribution in [3.05, 3.63) is 45.1 Å². The number of nitrogens with one attached hydrogen (secondary N) is 1. The molecule has 4 nitrogen and oxygen atoms in total. The minimum atomic E-state index is -0.0619. The Balaban J connectivity index is 1.90. The van der Waals surface area contributed by atoms with E-state index in [0.717, 1.165) is 20.9 Å². The lowest BCUT2D eigenvalue weighted by Crippen LogP contribution is -2.29. The first-order valence-electron chi connectivity index (χ1n) is 6.90. The normalized spacial score (nSPS) is 10.5. The minimum Gasteiger partial charge on any atom is -0.324 e. The number of hydrogen-bond acceptors (Lipinski definition) is 5. The standard InChI is InChI=1S/C16H16BrN3OS2/c1-20(10-12-6-7-15(17)23-12)11-16(21)19-13-4-2-3-5-14(13)22-9-8-18/h2-7H,9-11H2,1H3,(H,19,21). The Morgan fingerprint density at radius 3 is 2.87 bits per heavy atom. The molecule has 0 spiro atoms. The van der Waals surface area contributed by atoms with Crippen LogP contribution < -0.4 is 5.32 Å². The van der Waals surface area contributed by atoms with Crippen molar-refractivity contribution in [3.8, 4) is 6.07 Å². The van der Waals surface area contributed by atoms with Gasteiger partial charge in [0.2, 0.25) is 5.91 Å². The van der Waals surface area contributed by atoms with Crippen molar-refractivity contribution in [3.63, 3.8) is 0 Å². The van der Waals surface area contributed by atoms with Crippen LogP contribution in [0.25, 0.3) is 0 Å². The molecule has 2 aromatic rings. The lowest BCUT2D eigenvalue weighted by atomic mass is 10.3. The average molecular weight is 410 g/mol. The van der Waals surface area contributed by atoms with Crippen LogP contribution >= 0.6 is 39.0 Å². The molecule has 0 atom stereocenters. The molecule has 0 aliphatic carbocycles. The molecular formula is C16H16BrN3OS2. The molecular weight excluding hydrogens is 394 g/mol. The largest absolute Gasteiger partial charge is 0.324 e. The lowest BCUT2D eigenvalue weighted by Gasteiger charge is -2.16. The van der Waals surface area contributed by atoms with Gasteiger partial charge in [-0.3, -0.25) is 9.69 Å². The van der Waals surface area contributed by atoms with E-state index in [4.69, 9.17) is 5.26 Å². The van der Waals surface area contributed by atoms with Crippen molar-refractivity contribution < 1.29 is 4.79 Å². The van der Waals surface area contributed by atoms with Crippen LogP contribution in [0.15, 0.2) is 45.1 Å². The average Bonchev–Trinajstić information content (AvgIpc) is 2.91. The monoisotopic (exact) mass is 409 g/mol. The summed E-state index contributed by atoms with van der Waals surface area (Å²) in [6.45, 7) is 1.04. The summed E-state index contributed by atoms with van der Waals surface area (Å²) in [7, 11) is 1.92. The van der Waals surface area contributed by atoms with Crippen LogP contribution in [0.5, 0.6) is 0 Å². The van der Waals surface area contributed by atoms with E-state index in [1.807, 2.05) is 42.3 Å². The van der Waals surface area contributed by atoms with E-state index in [2.05, 4.69) is 33.4 Å². The molecule has 0 bridgehead atoms. The smallest absolute Gasteiger partial charge is 0.238 e. The molecule has 0 unspecified atom stereocenters. The van der Waals surface area contributed by atoms with E-state index in [1.54, 1.807) is 11.3 Å². The number of carbonyl (C=O) groups is 1. The SMILES string of the molecule is CN(CC(=O)Nc1ccccc1SCC#N)Cc1ccc(Br)s1. The van der Waals surface area contributed by atoms with Crippen molar-refractivity contribution in [1.29, 1.82) is 5.26 Å². The lowest BCUT2D eigenvalue weighted by molar-refractivity contribution is -0.117. The molecule has 1 amide bonds. The Labute approximate surface area is 152 Å². The number of benzene rings is 1. The predicted octanol–water partition coefficient (Wildman–Crippen LogP) is 4.20. The molecule has 0 saturated carbocycles. The van der Waals surface area contributed by atoms with E-state index < -0.39 is 0 Å². The highest BCUT2D eigenvalue weighted by atomic mass is 79.9. The molecule has 1 aromatic heterocycles. The topological polar surface area (TPSA) is 56.1 Å². The number of nitrogens with zero attached hydrogens (tertiary/aromatic N) is 2. The summed E-state index contributed by atoms with van der Waals surface area (Å²) in [5.41, 5.74) is 0.755. The number of amides is 1. The van der Waals surface area contributed by atoms with Crippen molar-refractivity contribution in [2.45, 2.75) is 11.4 Å². The zero-order valence-electron chi connectivity index (χ0n) is 12.6. The summed E-state index contributed by atoms with van der Waals surface area (Å²) in [4.78, 5) is 16.3. The second-order valence-electron chi connectivity index (χ2n) is 4.87. The summed E-state index contributed by atoms with van der Waals surface area (Å²) in [6.07, 6.45) is 0. The summed E-state index contributed by atoms with van der Waals surface area (Å²) >= 11 is 6.53. The second-order valence-corrected chi connectivity index (χ2v) is 8.43. The van der Waals surface area contributed by atoms with Gasteiger partial charge in [0.15, 0.2) is 0 Å². The number of hydrogen-bond donors (Lipinski definition) is 1. The highest BCUT2D eigenvalue weighted by molar-refractivity contribution is 9.11. The molecule has 2 rings (SSSR count). The molecule has 1 N–H and O–H groups in total. The Morgan fingerprint density at radius 2 is 2.17 bits per heavy atom. The molecule has 0 aliphatic rings. The predicted molar refractivity (Wildman–Crippen MR) is 99.8 cm³/mol. The van der Waals surface area contributed by atoms with Gasteiger partial charge in [-0.25, -0.2) is 0 Å². The highest BCUT2D eigenvalue weighted by Gasteiger charge is 2.11. The van der Waals surface area contributed by atoms with Crippen molar-refractivity contribution >= 4 is 50.6 Å². The van der Waals surface area contributed by atoms with Crippen LogP contribution in [-0.2, 0) is 11.3 Å². The van der Waals surface area contributed by atoms with E-state index in [1.165, 1.54) is 16.6 Å². The third-order valence-corrected chi connectivity index (χ3v) is 5.47. The Hall–Kier alpha value is -1.33. The zero-order chi connectivity index (χ0) is 16.7. The fourth-order valence-corrected chi connectivity index (χ4v) is 4.23. The highest BCUT2D eigenvalue weighted by Crippen LogP contribution is 2.26. The van der Waals surface area contributed by atoms with Gasteiger partial charge in [0.05, 0.1) is 27.8 Å². The summed E-state index contributed by atoms with van der Waals surface area (Å²) in [5, 5.41) is 11.6. The van der Waals surface area contributed by atoms with Gasteiger partial charge >= 0.3 is 0 Å². The summed E-state index contributed by atoms with van der Waals surface area (Å²) in [6, 6.07) is 13.7. The van der Waals surface area contributed by atoms with E-state index in [0.29, 0.717) is 12.3 Å². The summed E-state index contributed by atoms with van der Waals surface area (Å²) in [5.74, 6) is 0.299. The third-order valence-electron chi connectivity index (χ3n) is 2.92. The van der Waals surface area contributed by atoms with Crippen LogP contribution in [0, 0.1) is 11.3 Å². The number of rotatable bonds is 7. The van der Waals surface area contributed by atoms with Gasteiger partial charge in [0, 0.05) is 16.3 Å². The van der Waals surface area contributed by atoms with Crippen LogP contribution in [-0.4, -0.2) is 30.2 Å². The van der Waals surface area contributed by atoms with Crippen LogP contribution in [0.4, 0.5) is 5.69 Å². The molecule has 1 heterocycles. The molecule has 0 saturated heterocycles. The quantitative estimate of drug-likeness (QED) is 0.696. The molecule has 0 aliphatic heterocycles.